The molecular formula is C15H13BrClF2NO. The van der Waals surface area contributed by atoms with Gasteiger partial charge in [-0.1, -0.05) is 11.6 Å². The first kappa shape index (κ1) is 16.2. The molecule has 2 aromatic rings. The molecule has 0 radical (unpaired) electrons. The van der Waals surface area contributed by atoms with Gasteiger partial charge in [0.1, 0.15) is 17.4 Å². The molecule has 0 saturated heterocycles. The highest BCUT2D eigenvalue weighted by Gasteiger charge is 2.25. The third kappa shape index (κ3) is 3.20. The van der Waals surface area contributed by atoms with Gasteiger partial charge in [-0.3, -0.25) is 0 Å². The lowest BCUT2D eigenvalue weighted by molar-refractivity contribution is 0.403. The number of nitrogens with one attached hydrogen (secondary N) is 1. The summed E-state index contributed by atoms with van der Waals surface area (Å²) in [6.45, 7) is 0. The predicted octanol–water partition coefficient (Wildman–Crippen LogP) is 4.70. The van der Waals surface area contributed by atoms with Crippen LogP contribution in [0.1, 0.15) is 17.2 Å². The first-order valence-corrected chi connectivity index (χ1v) is 7.30. The van der Waals surface area contributed by atoms with Crippen LogP contribution < -0.4 is 10.1 Å². The lowest BCUT2D eigenvalue weighted by Crippen LogP contribution is -2.21. The van der Waals surface area contributed by atoms with Crippen LogP contribution in [0.2, 0.25) is 5.02 Å². The van der Waals surface area contributed by atoms with Gasteiger partial charge in [0, 0.05) is 16.1 Å². The summed E-state index contributed by atoms with van der Waals surface area (Å²) < 4.78 is 33.9. The monoisotopic (exact) mass is 375 g/mol. The van der Waals surface area contributed by atoms with Crippen LogP contribution in [-0.4, -0.2) is 14.2 Å². The third-order valence-corrected chi connectivity index (χ3v) is 4.01. The predicted molar refractivity (Wildman–Crippen MR) is 83.0 cm³/mol. The van der Waals surface area contributed by atoms with Crippen molar-refractivity contribution >= 4 is 27.5 Å². The van der Waals surface area contributed by atoms with Crippen LogP contribution in [0, 0.1) is 11.6 Å². The SMILES string of the molecule is CNC(c1cc(Cl)ccc1OC)c1c(F)ccc(Br)c1F. The summed E-state index contributed by atoms with van der Waals surface area (Å²) in [7, 11) is 3.11. The maximum Gasteiger partial charge on any atom is 0.145 e. The Labute approximate surface area is 135 Å². The second kappa shape index (κ2) is 6.73. The zero-order valence-electron chi connectivity index (χ0n) is 11.4. The Balaban J connectivity index is 2.66. The molecule has 1 atom stereocenters. The van der Waals surface area contributed by atoms with Gasteiger partial charge in [-0.15, -0.1) is 0 Å². The minimum absolute atomic E-state index is 0.0903. The molecule has 0 saturated carbocycles. The highest BCUT2D eigenvalue weighted by molar-refractivity contribution is 9.10. The second-order valence-electron chi connectivity index (χ2n) is 4.36. The lowest BCUT2D eigenvalue weighted by Gasteiger charge is -2.21. The van der Waals surface area contributed by atoms with E-state index < -0.39 is 17.7 Å². The van der Waals surface area contributed by atoms with Crippen LogP contribution in [0.15, 0.2) is 34.8 Å². The third-order valence-electron chi connectivity index (χ3n) is 3.16. The molecule has 0 fully saturated rings. The Morgan fingerprint density at radius 2 is 1.95 bits per heavy atom. The average Bonchev–Trinajstić information content (AvgIpc) is 2.47. The average molecular weight is 377 g/mol. The molecule has 1 N–H and O–H groups in total. The molecule has 1 unspecified atom stereocenters. The standard InChI is InChI=1S/C15H13BrClF2NO/c1-20-15(9-7-8(17)3-6-12(9)21-2)13-11(18)5-4-10(16)14(13)19/h3-7,15,20H,1-2H3. The maximum absolute atomic E-state index is 14.3. The highest BCUT2D eigenvalue weighted by Crippen LogP contribution is 2.36. The van der Waals surface area contributed by atoms with Crippen molar-refractivity contribution in [2.75, 3.05) is 14.2 Å². The summed E-state index contributed by atoms with van der Waals surface area (Å²) in [6.07, 6.45) is 0. The van der Waals surface area contributed by atoms with Crippen LogP contribution >= 0.6 is 27.5 Å². The molecule has 0 aliphatic carbocycles. The Morgan fingerprint density at radius 3 is 2.57 bits per heavy atom. The quantitative estimate of drug-likeness (QED) is 0.781. The van der Waals surface area contributed by atoms with Crippen molar-refractivity contribution in [3.05, 3.63) is 62.6 Å². The Kier molecular flexibility index (Phi) is 5.19. The van der Waals surface area contributed by atoms with Crippen LogP contribution in [-0.2, 0) is 0 Å². The first-order chi connectivity index (χ1) is 9.99. The van der Waals surface area contributed by atoms with E-state index in [1.807, 2.05) is 0 Å². The number of benzene rings is 2. The fourth-order valence-corrected chi connectivity index (χ4v) is 2.72. The summed E-state index contributed by atoms with van der Waals surface area (Å²) in [5.41, 5.74) is 0.468. The molecule has 0 heterocycles. The van der Waals surface area contributed by atoms with Crippen molar-refractivity contribution < 1.29 is 13.5 Å². The van der Waals surface area contributed by atoms with Crippen molar-refractivity contribution in [2.24, 2.45) is 0 Å². The van der Waals surface area contributed by atoms with Gasteiger partial charge in [0.05, 0.1) is 17.6 Å². The van der Waals surface area contributed by atoms with E-state index in [0.717, 1.165) is 0 Å². The maximum atomic E-state index is 14.3. The number of ether oxygens (including phenoxy) is 1. The zero-order chi connectivity index (χ0) is 15.6. The summed E-state index contributed by atoms with van der Waals surface area (Å²) in [5.74, 6) is -0.800. The molecule has 0 spiro atoms. The normalized spacial score (nSPS) is 12.3. The van der Waals surface area contributed by atoms with Gasteiger partial charge in [-0.05, 0) is 53.3 Å². The number of hydrogen-bond acceptors (Lipinski definition) is 2. The highest BCUT2D eigenvalue weighted by atomic mass is 79.9. The number of methoxy groups -OCH3 is 1. The smallest absolute Gasteiger partial charge is 0.145 e. The minimum atomic E-state index is -0.726. The van der Waals surface area contributed by atoms with Crippen molar-refractivity contribution in [2.45, 2.75) is 6.04 Å². The van der Waals surface area contributed by atoms with E-state index in [1.165, 1.54) is 19.2 Å². The number of halogens is 4. The molecule has 2 aromatic carbocycles. The zero-order valence-corrected chi connectivity index (χ0v) is 13.7. The molecule has 21 heavy (non-hydrogen) atoms. The van der Waals surface area contributed by atoms with Crippen LogP contribution in [0.3, 0.4) is 0 Å². The van der Waals surface area contributed by atoms with Gasteiger partial charge in [-0.25, -0.2) is 8.78 Å². The van der Waals surface area contributed by atoms with Gasteiger partial charge in [0.15, 0.2) is 0 Å². The van der Waals surface area contributed by atoms with Gasteiger partial charge in [0.2, 0.25) is 0 Å². The first-order valence-electron chi connectivity index (χ1n) is 6.13. The Bertz CT molecular complexity index is 666. The minimum Gasteiger partial charge on any atom is -0.496 e. The molecule has 2 nitrogen and oxygen atoms in total. The number of rotatable bonds is 4. The topological polar surface area (TPSA) is 21.3 Å². The van der Waals surface area contributed by atoms with E-state index in [-0.39, 0.29) is 10.0 Å². The Morgan fingerprint density at radius 1 is 1.24 bits per heavy atom. The largest absolute Gasteiger partial charge is 0.496 e. The van der Waals surface area contributed by atoms with Gasteiger partial charge < -0.3 is 10.1 Å². The molecule has 0 aliphatic heterocycles. The fraction of sp³-hybridized carbons (Fsp3) is 0.200. The summed E-state index contributed by atoms with van der Waals surface area (Å²) in [6, 6.07) is 6.76. The van der Waals surface area contributed by atoms with E-state index in [1.54, 1.807) is 25.2 Å². The van der Waals surface area contributed by atoms with Crippen molar-refractivity contribution in [3.63, 3.8) is 0 Å². The molecule has 0 aromatic heterocycles. The molecule has 112 valence electrons. The molecule has 0 aliphatic rings. The van der Waals surface area contributed by atoms with Crippen LogP contribution in [0.4, 0.5) is 8.78 Å². The van der Waals surface area contributed by atoms with Crippen LogP contribution in [0.5, 0.6) is 5.75 Å². The molecule has 0 amide bonds. The molecule has 2 rings (SSSR count). The summed E-state index contributed by atoms with van der Waals surface area (Å²) in [5, 5.41) is 3.37. The number of hydrogen-bond donors (Lipinski definition) is 1. The lowest BCUT2D eigenvalue weighted by atomic mass is 9.97. The summed E-state index contributed by atoms with van der Waals surface area (Å²) >= 11 is 9.07. The molecule has 0 bridgehead atoms. The van der Waals surface area contributed by atoms with Crippen molar-refractivity contribution in [1.29, 1.82) is 0 Å². The summed E-state index contributed by atoms with van der Waals surface area (Å²) in [4.78, 5) is 0. The van der Waals surface area contributed by atoms with E-state index >= 15 is 0 Å². The second-order valence-corrected chi connectivity index (χ2v) is 5.66. The fourth-order valence-electron chi connectivity index (χ4n) is 2.19. The molecule has 6 heteroatoms. The van der Waals surface area contributed by atoms with Crippen LogP contribution in [0.25, 0.3) is 0 Å². The van der Waals surface area contributed by atoms with E-state index in [9.17, 15) is 8.78 Å². The van der Waals surface area contributed by atoms with Gasteiger partial charge >= 0.3 is 0 Å². The van der Waals surface area contributed by atoms with E-state index in [0.29, 0.717) is 16.3 Å². The van der Waals surface area contributed by atoms with Gasteiger partial charge in [0.25, 0.3) is 0 Å². The van der Waals surface area contributed by atoms with Crippen molar-refractivity contribution in [1.82, 2.24) is 5.32 Å². The van der Waals surface area contributed by atoms with Crippen molar-refractivity contribution in [3.8, 4) is 5.75 Å². The van der Waals surface area contributed by atoms with E-state index in [2.05, 4.69) is 21.2 Å². The Hall–Kier alpha value is -1.17. The van der Waals surface area contributed by atoms with E-state index in [4.69, 9.17) is 16.3 Å². The van der Waals surface area contributed by atoms with Gasteiger partial charge in [-0.2, -0.15) is 0 Å². The molecular weight excluding hydrogens is 364 g/mol.